The van der Waals surface area contributed by atoms with E-state index in [1.165, 1.54) is 18.3 Å². The zero-order valence-electron chi connectivity index (χ0n) is 15.5. The summed E-state index contributed by atoms with van der Waals surface area (Å²) < 4.78 is 5.37. The molecule has 0 fully saturated rings. The lowest BCUT2D eigenvalue weighted by molar-refractivity contribution is -0.114. The molecule has 0 aliphatic carbocycles. The molecule has 2 N–H and O–H groups in total. The van der Waals surface area contributed by atoms with Crippen LogP contribution >= 0.6 is 11.3 Å². The molecule has 2 aromatic heterocycles. The molecule has 28 heavy (non-hydrogen) atoms. The monoisotopic (exact) mass is 397 g/mol. The van der Waals surface area contributed by atoms with Gasteiger partial charge in [0.15, 0.2) is 5.13 Å². The second kappa shape index (κ2) is 7.43. The maximum absolute atomic E-state index is 12.9. The molecule has 0 bridgehead atoms. The highest BCUT2D eigenvalue weighted by molar-refractivity contribution is 7.15. The van der Waals surface area contributed by atoms with Crippen LogP contribution < -0.4 is 10.1 Å². The molecule has 1 aliphatic rings. The van der Waals surface area contributed by atoms with Gasteiger partial charge < -0.3 is 15.0 Å². The van der Waals surface area contributed by atoms with Crippen LogP contribution in [-0.2, 0) is 17.8 Å². The third-order valence-corrected chi connectivity index (χ3v) is 5.49. The first-order valence-electron chi connectivity index (χ1n) is 8.79. The Labute approximate surface area is 165 Å². The van der Waals surface area contributed by atoms with Crippen molar-refractivity contribution < 1.29 is 14.3 Å². The number of aromatic nitrogens is 3. The lowest BCUT2D eigenvalue weighted by Gasteiger charge is -2.25. The van der Waals surface area contributed by atoms with Gasteiger partial charge >= 0.3 is 0 Å². The van der Waals surface area contributed by atoms with E-state index in [0.29, 0.717) is 41.8 Å². The molecular formula is C19H19N5O3S. The summed E-state index contributed by atoms with van der Waals surface area (Å²) in [5.41, 5.74) is 2.85. The fourth-order valence-electron chi connectivity index (χ4n) is 3.17. The van der Waals surface area contributed by atoms with Crippen molar-refractivity contribution in [1.82, 2.24) is 20.1 Å². The standard InChI is InChI=1S/C19H19N5O3S/c1-11(25)20-19-21-13-7-8-24(10-17(13)28-19)18(26)15-9-14(22-23-15)12-5-3-4-6-16(12)27-2/h3-6,9H,7-8,10H2,1-2H3,(H,22,23)(H,20,21,25). The molecule has 0 unspecified atom stereocenters. The predicted molar refractivity (Wildman–Crippen MR) is 105 cm³/mol. The number of anilines is 1. The van der Waals surface area contributed by atoms with E-state index in [1.807, 2.05) is 24.3 Å². The van der Waals surface area contributed by atoms with Gasteiger partial charge in [-0.3, -0.25) is 14.7 Å². The number of methoxy groups -OCH3 is 1. The molecule has 8 nitrogen and oxygen atoms in total. The molecule has 0 atom stereocenters. The molecule has 0 radical (unpaired) electrons. The number of fused-ring (bicyclic) bond motifs is 1. The Morgan fingerprint density at radius 1 is 1.32 bits per heavy atom. The molecule has 0 saturated heterocycles. The summed E-state index contributed by atoms with van der Waals surface area (Å²) in [6.45, 7) is 2.49. The Morgan fingerprint density at radius 2 is 2.14 bits per heavy atom. The molecule has 0 spiro atoms. The van der Waals surface area contributed by atoms with Crippen molar-refractivity contribution in [2.24, 2.45) is 0 Å². The topological polar surface area (TPSA) is 100 Å². The SMILES string of the molecule is COc1ccccc1-c1cc(C(=O)N2CCc3nc(NC(C)=O)sc3C2)[nH]n1. The molecule has 1 aliphatic heterocycles. The summed E-state index contributed by atoms with van der Waals surface area (Å²) in [5.74, 6) is 0.430. The maximum Gasteiger partial charge on any atom is 0.272 e. The average molecular weight is 397 g/mol. The second-order valence-electron chi connectivity index (χ2n) is 6.41. The molecule has 3 aromatic rings. The number of carbonyl (C=O) groups excluding carboxylic acids is 2. The van der Waals surface area contributed by atoms with Crippen molar-refractivity contribution in [2.75, 3.05) is 19.0 Å². The van der Waals surface area contributed by atoms with Crippen LogP contribution in [-0.4, -0.2) is 45.6 Å². The van der Waals surface area contributed by atoms with Crippen LogP contribution in [0.1, 0.15) is 28.0 Å². The van der Waals surface area contributed by atoms with Crippen LogP contribution in [0.15, 0.2) is 30.3 Å². The number of para-hydroxylation sites is 1. The Hall–Kier alpha value is -3.20. The summed E-state index contributed by atoms with van der Waals surface area (Å²) in [5, 5.41) is 10.4. The third-order valence-electron chi connectivity index (χ3n) is 4.49. The zero-order chi connectivity index (χ0) is 19.7. The summed E-state index contributed by atoms with van der Waals surface area (Å²) in [6.07, 6.45) is 0.657. The number of benzene rings is 1. The summed E-state index contributed by atoms with van der Waals surface area (Å²) in [7, 11) is 1.60. The number of ether oxygens (including phenoxy) is 1. The minimum Gasteiger partial charge on any atom is -0.496 e. The Morgan fingerprint density at radius 3 is 2.93 bits per heavy atom. The van der Waals surface area contributed by atoms with E-state index in [1.54, 1.807) is 18.1 Å². The van der Waals surface area contributed by atoms with Gasteiger partial charge in [0.1, 0.15) is 11.4 Å². The lowest BCUT2D eigenvalue weighted by Crippen LogP contribution is -2.35. The van der Waals surface area contributed by atoms with E-state index in [9.17, 15) is 9.59 Å². The minimum atomic E-state index is -0.152. The second-order valence-corrected chi connectivity index (χ2v) is 7.50. The largest absolute Gasteiger partial charge is 0.496 e. The quantitative estimate of drug-likeness (QED) is 0.705. The number of H-pyrrole nitrogens is 1. The van der Waals surface area contributed by atoms with Gasteiger partial charge in [0.25, 0.3) is 5.91 Å². The average Bonchev–Trinajstić information content (AvgIpc) is 3.32. The molecule has 3 heterocycles. The molecule has 1 aromatic carbocycles. The number of nitrogens with one attached hydrogen (secondary N) is 2. The molecule has 144 valence electrons. The molecule has 9 heteroatoms. The first-order valence-corrected chi connectivity index (χ1v) is 9.61. The number of carbonyl (C=O) groups is 2. The van der Waals surface area contributed by atoms with Gasteiger partial charge in [0.05, 0.1) is 25.0 Å². The Bertz CT molecular complexity index is 1040. The smallest absolute Gasteiger partial charge is 0.272 e. The number of hydrogen-bond donors (Lipinski definition) is 2. The van der Waals surface area contributed by atoms with E-state index in [2.05, 4.69) is 20.5 Å². The Balaban J connectivity index is 1.52. The highest BCUT2D eigenvalue weighted by Gasteiger charge is 2.26. The van der Waals surface area contributed by atoms with Crippen molar-refractivity contribution in [1.29, 1.82) is 0 Å². The third kappa shape index (κ3) is 3.48. The first-order chi connectivity index (χ1) is 13.5. The number of hydrogen-bond acceptors (Lipinski definition) is 6. The van der Waals surface area contributed by atoms with Gasteiger partial charge in [-0.05, 0) is 18.2 Å². The highest BCUT2D eigenvalue weighted by Crippen LogP contribution is 2.31. The van der Waals surface area contributed by atoms with E-state index < -0.39 is 0 Å². The fourth-order valence-corrected chi connectivity index (χ4v) is 4.24. The number of amides is 2. The van der Waals surface area contributed by atoms with E-state index in [-0.39, 0.29) is 11.8 Å². The number of rotatable bonds is 4. The number of thiazole rings is 1. The van der Waals surface area contributed by atoms with E-state index in [0.717, 1.165) is 16.1 Å². The van der Waals surface area contributed by atoms with Gasteiger partial charge in [0, 0.05) is 30.3 Å². The maximum atomic E-state index is 12.9. The number of nitrogens with zero attached hydrogens (tertiary/aromatic N) is 3. The molecular weight excluding hydrogens is 378 g/mol. The van der Waals surface area contributed by atoms with Crippen molar-refractivity contribution in [2.45, 2.75) is 19.9 Å². The van der Waals surface area contributed by atoms with E-state index in [4.69, 9.17) is 4.74 Å². The van der Waals surface area contributed by atoms with Crippen molar-refractivity contribution in [3.8, 4) is 17.0 Å². The van der Waals surface area contributed by atoms with Gasteiger partial charge in [-0.1, -0.05) is 23.5 Å². The van der Waals surface area contributed by atoms with Crippen LogP contribution in [0.5, 0.6) is 5.75 Å². The van der Waals surface area contributed by atoms with Crippen molar-refractivity contribution in [3.05, 3.63) is 46.6 Å². The summed E-state index contributed by atoms with van der Waals surface area (Å²) in [6, 6.07) is 9.28. The lowest BCUT2D eigenvalue weighted by atomic mass is 10.1. The van der Waals surface area contributed by atoms with Gasteiger partial charge in [-0.2, -0.15) is 5.10 Å². The summed E-state index contributed by atoms with van der Waals surface area (Å²) >= 11 is 1.41. The zero-order valence-corrected chi connectivity index (χ0v) is 16.3. The van der Waals surface area contributed by atoms with Gasteiger partial charge in [-0.15, -0.1) is 0 Å². The Kier molecular flexibility index (Phi) is 4.82. The normalized spacial score (nSPS) is 13.1. The van der Waals surface area contributed by atoms with Gasteiger partial charge in [0.2, 0.25) is 5.91 Å². The number of aromatic amines is 1. The van der Waals surface area contributed by atoms with Crippen LogP contribution in [0.4, 0.5) is 5.13 Å². The minimum absolute atomic E-state index is 0.117. The predicted octanol–water partition coefficient (Wildman–Crippen LogP) is 2.70. The van der Waals surface area contributed by atoms with Crippen LogP contribution in [0.25, 0.3) is 11.3 Å². The molecule has 4 rings (SSSR count). The van der Waals surface area contributed by atoms with E-state index >= 15 is 0 Å². The van der Waals surface area contributed by atoms with Gasteiger partial charge in [-0.25, -0.2) is 4.98 Å². The van der Waals surface area contributed by atoms with Crippen LogP contribution in [0.2, 0.25) is 0 Å². The van der Waals surface area contributed by atoms with Crippen LogP contribution in [0, 0.1) is 0 Å². The van der Waals surface area contributed by atoms with Crippen molar-refractivity contribution in [3.63, 3.8) is 0 Å². The molecule has 0 saturated carbocycles. The van der Waals surface area contributed by atoms with Crippen LogP contribution in [0.3, 0.4) is 0 Å². The first kappa shape index (κ1) is 18.2. The molecule has 2 amide bonds. The highest BCUT2D eigenvalue weighted by atomic mass is 32.1. The fraction of sp³-hybridized carbons (Fsp3) is 0.263. The summed E-state index contributed by atoms with van der Waals surface area (Å²) in [4.78, 5) is 31.3. The van der Waals surface area contributed by atoms with Crippen molar-refractivity contribution >= 4 is 28.3 Å².